The Balaban J connectivity index is 1.48. The molecule has 142 valence electrons. The molecule has 0 spiro atoms. The normalized spacial score (nSPS) is 11.2. The summed E-state index contributed by atoms with van der Waals surface area (Å²) in [5, 5.41) is 8.50. The maximum atomic E-state index is 13.2. The molecule has 0 aliphatic rings. The van der Waals surface area contributed by atoms with E-state index in [0.717, 1.165) is 5.56 Å². The number of hydrogen-bond acceptors (Lipinski definition) is 6. The predicted octanol–water partition coefficient (Wildman–Crippen LogP) is 2.82. The summed E-state index contributed by atoms with van der Waals surface area (Å²) in [6, 6.07) is 15.2. The lowest BCUT2D eigenvalue weighted by Crippen LogP contribution is -2.21. The van der Waals surface area contributed by atoms with Crippen molar-refractivity contribution in [2.24, 2.45) is 0 Å². The molecule has 0 saturated heterocycles. The smallest absolute Gasteiger partial charge is 0.264 e. The molecule has 8 nitrogen and oxygen atoms in total. The van der Waals surface area contributed by atoms with Crippen molar-refractivity contribution in [2.45, 2.75) is 6.54 Å². The fourth-order valence-corrected chi connectivity index (χ4v) is 3.00. The van der Waals surface area contributed by atoms with E-state index in [1.54, 1.807) is 12.1 Å². The number of fused-ring (bicyclic) bond motifs is 1. The standard InChI is InChI=1S/C20H13FN6O2/c21-14-6-8-15(9-7-14)27-19-16(10-23-27)20(28)26(12-22-19)11-17-24-18(25-29-17)13-4-2-1-3-5-13/h1-10,12H,11H2. The molecular formula is C20H13FN6O2. The average Bonchev–Trinajstić information content (AvgIpc) is 3.39. The highest BCUT2D eigenvalue weighted by molar-refractivity contribution is 5.74. The number of nitrogens with zero attached hydrogens (tertiary/aromatic N) is 6. The topological polar surface area (TPSA) is 91.6 Å². The van der Waals surface area contributed by atoms with Gasteiger partial charge in [0.25, 0.3) is 5.56 Å². The second-order valence-electron chi connectivity index (χ2n) is 6.33. The third-order valence-corrected chi connectivity index (χ3v) is 4.43. The van der Waals surface area contributed by atoms with Crippen LogP contribution in [0.15, 0.2) is 76.4 Å². The van der Waals surface area contributed by atoms with E-state index in [4.69, 9.17) is 4.52 Å². The maximum absolute atomic E-state index is 13.2. The second kappa shape index (κ2) is 6.79. The van der Waals surface area contributed by atoms with Gasteiger partial charge in [0, 0.05) is 5.56 Å². The molecule has 0 amide bonds. The van der Waals surface area contributed by atoms with Gasteiger partial charge in [-0.15, -0.1) is 0 Å². The van der Waals surface area contributed by atoms with Crippen LogP contribution in [-0.2, 0) is 6.54 Å². The number of halogens is 1. The highest BCUT2D eigenvalue weighted by atomic mass is 19.1. The lowest BCUT2D eigenvalue weighted by atomic mass is 10.2. The predicted molar refractivity (Wildman–Crippen MR) is 102 cm³/mol. The molecule has 29 heavy (non-hydrogen) atoms. The quantitative estimate of drug-likeness (QED) is 0.470. The molecule has 0 N–H and O–H groups in total. The number of rotatable bonds is 4. The summed E-state index contributed by atoms with van der Waals surface area (Å²) >= 11 is 0. The zero-order valence-corrected chi connectivity index (χ0v) is 14.9. The zero-order valence-electron chi connectivity index (χ0n) is 14.9. The first kappa shape index (κ1) is 17.0. The molecule has 3 heterocycles. The van der Waals surface area contributed by atoms with Crippen LogP contribution in [-0.4, -0.2) is 29.5 Å². The molecule has 0 saturated carbocycles. The van der Waals surface area contributed by atoms with Gasteiger partial charge in [0.15, 0.2) is 5.65 Å². The summed E-state index contributed by atoms with van der Waals surface area (Å²) in [6.45, 7) is 0.0866. The van der Waals surface area contributed by atoms with Crippen molar-refractivity contribution in [2.75, 3.05) is 0 Å². The molecule has 5 aromatic rings. The SMILES string of the molecule is O=c1c2cnn(-c3ccc(F)cc3)c2ncn1Cc1nc(-c2ccccc2)no1. The van der Waals surface area contributed by atoms with Gasteiger partial charge in [-0.3, -0.25) is 9.36 Å². The first-order valence-corrected chi connectivity index (χ1v) is 8.76. The van der Waals surface area contributed by atoms with Crippen LogP contribution in [0.1, 0.15) is 5.89 Å². The van der Waals surface area contributed by atoms with Crippen LogP contribution in [0.2, 0.25) is 0 Å². The molecule has 0 aliphatic carbocycles. The molecule has 0 bridgehead atoms. The number of hydrogen-bond donors (Lipinski definition) is 0. The van der Waals surface area contributed by atoms with Crippen LogP contribution in [0.3, 0.4) is 0 Å². The van der Waals surface area contributed by atoms with E-state index in [1.165, 1.54) is 33.9 Å². The van der Waals surface area contributed by atoms with Crippen molar-refractivity contribution in [1.82, 2.24) is 29.5 Å². The third-order valence-electron chi connectivity index (χ3n) is 4.43. The van der Waals surface area contributed by atoms with Gasteiger partial charge in [-0.1, -0.05) is 35.5 Å². The van der Waals surface area contributed by atoms with Crippen molar-refractivity contribution in [1.29, 1.82) is 0 Å². The molecule has 0 aliphatic heterocycles. The van der Waals surface area contributed by atoms with Crippen LogP contribution < -0.4 is 5.56 Å². The van der Waals surface area contributed by atoms with Gasteiger partial charge in [-0.2, -0.15) is 10.1 Å². The molecule has 0 atom stereocenters. The second-order valence-corrected chi connectivity index (χ2v) is 6.33. The minimum Gasteiger partial charge on any atom is -0.337 e. The van der Waals surface area contributed by atoms with Crippen LogP contribution in [0.4, 0.5) is 4.39 Å². The summed E-state index contributed by atoms with van der Waals surface area (Å²) < 4.78 is 21.3. The zero-order chi connectivity index (χ0) is 19.8. The lowest BCUT2D eigenvalue weighted by molar-refractivity contribution is 0.369. The monoisotopic (exact) mass is 388 g/mol. The first-order chi connectivity index (χ1) is 14.2. The minimum absolute atomic E-state index is 0.0866. The van der Waals surface area contributed by atoms with Gasteiger partial charge >= 0.3 is 0 Å². The fourth-order valence-electron chi connectivity index (χ4n) is 3.00. The largest absolute Gasteiger partial charge is 0.337 e. The van der Waals surface area contributed by atoms with Gasteiger partial charge in [0.2, 0.25) is 11.7 Å². The molecule has 2 aromatic carbocycles. The molecule has 3 aromatic heterocycles. The van der Waals surface area contributed by atoms with E-state index in [0.29, 0.717) is 22.5 Å². The van der Waals surface area contributed by atoms with Crippen LogP contribution in [0.5, 0.6) is 0 Å². The summed E-state index contributed by atoms with van der Waals surface area (Å²) in [5.74, 6) is 0.389. The fraction of sp³-hybridized carbons (Fsp3) is 0.0500. The maximum Gasteiger partial charge on any atom is 0.264 e. The molecule has 0 unspecified atom stereocenters. The van der Waals surface area contributed by atoms with Crippen LogP contribution in [0.25, 0.3) is 28.1 Å². The van der Waals surface area contributed by atoms with E-state index in [2.05, 4.69) is 20.2 Å². The Morgan fingerprint density at radius 2 is 1.83 bits per heavy atom. The Bertz CT molecular complexity index is 1360. The van der Waals surface area contributed by atoms with E-state index < -0.39 is 0 Å². The van der Waals surface area contributed by atoms with Crippen molar-refractivity contribution in [3.63, 3.8) is 0 Å². The summed E-state index contributed by atoms with van der Waals surface area (Å²) in [4.78, 5) is 21.5. The Morgan fingerprint density at radius 3 is 2.62 bits per heavy atom. The number of aromatic nitrogens is 6. The van der Waals surface area contributed by atoms with E-state index in [-0.39, 0.29) is 23.8 Å². The minimum atomic E-state index is -0.352. The van der Waals surface area contributed by atoms with Crippen LogP contribution >= 0.6 is 0 Å². The Kier molecular flexibility index (Phi) is 3.98. The van der Waals surface area contributed by atoms with Gasteiger partial charge in [-0.25, -0.2) is 14.1 Å². The van der Waals surface area contributed by atoms with Gasteiger partial charge in [-0.05, 0) is 24.3 Å². The van der Waals surface area contributed by atoms with E-state index in [9.17, 15) is 9.18 Å². The van der Waals surface area contributed by atoms with Gasteiger partial charge in [0.1, 0.15) is 24.1 Å². The summed E-state index contributed by atoms with van der Waals surface area (Å²) in [6.07, 6.45) is 2.84. The van der Waals surface area contributed by atoms with E-state index in [1.807, 2.05) is 30.3 Å². The Morgan fingerprint density at radius 1 is 1.03 bits per heavy atom. The Labute approximate surface area is 162 Å². The van der Waals surface area contributed by atoms with Crippen molar-refractivity contribution < 1.29 is 8.91 Å². The highest BCUT2D eigenvalue weighted by Crippen LogP contribution is 2.16. The van der Waals surface area contributed by atoms with Crippen molar-refractivity contribution in [3.8, 4) is 17.1 Å². The molecule has 9 heteroatoms. The first-order valence-electron chi connectivity index (χ1n) is 8.76. The summed E-state index contributed by atoms with van der Waals surface area (Å²) in [5.41, 5.74) is 1.52. The molecule has 5 rings (SSSR count). The molecule has 0 fully saturated rings. The van der Waals surface area contributed by atoms with Gasteiger partial charge < -0.3 is 4.52 Å². The Hall–Kier alpha value is -4.14. The lowest BCUT2D eigenvalue weighted by Gasteiger charge is -2.04. The molecule has 0 radical (unpaired) electrons. The third kappa shape index (κ3) is 3.08. The summed E-state index contributed by atoms with van der Waals surface area (Å²) in [7, 11) is 0. The van der Waals surface area contributed by atoms with Crippen molar-refractivity contribution >= 4 is 11.0 Å². The van der Waals surface area contributed by atoms with Gasteiger partial charge in [0.05, 0.1) is 11.9 Å². The van der Waals surface area contributed by atoms with Crippen molar-refractivity contribution in [3.05, 3.63) is 89.2 Å². The molecular weight excluding hydrogens is 375 g/mol. The van der Waals surface area contributed by atoms with Crippen LogP contribution in [0, 0.1) is 5.82 Å². The number of benzene rings is 2. The van der Waals surface area contributed by atoms with E-state index >= 15 is 0 Å². The average molecular weight is 388 g/mol. The highest BCUT2D eigenvalue weighted by Gasteiger charge is 2.14.